The molecule has 0 bridgehead atoms. The van der Waals surface area contributed by atoms with Crippen LogP contribution in [0.3, 0.4) is 0 Å². The first-order valence-corrected chi connectivity index (χ1v) is 9.40. The number of unbranched alkanes of at least 4 members (excludes halogenated alkanes) is 2. The van der Waals surface area contributed by atoms with Crippen molar-refractivity contribution in [1.82, 2.24) is 9.80 Å². The van der Waals surface area contributed by atoms with E-state index in [-0.39, 0.29) is 6.04 Å². The second-order valence-corrected chi connectivity index (χ2v) is 6.47. The lowest BCUT2D eigenvalue weighted by Crippen LogP contribution is -2.47. The van der Waals surface area contributed by atoms with E-state index in [9.17, 15) is 5.26 Å². The third-order valence-corrected chi connectivity index (χ3v) is 4.85. The first-order chi connectivity index (χ1) is 12.2. The summed E-state index contributed by atoms with van der Waals surface area (Å²) < 4.78 is 11.3. The quantitative estimate of drug-likeness (QED) is 0.642. The summed E-state index contributed by atoms with van der Waals surface area (Å²) >= 11 is 0. The molecule has 1 atom stereocenters. The number of methoxy groups -OCH3 is 1. The molecule has 5 heteroatoms. The number of likely N-dealkylation sites (N-methyl/N-ethyl adjacent to an activating group) is 1. The SMILES string of the molecule is CCCCCOc1ccc(C(C#N)N2CCN(CC)CC2)cc1OC. The van der Waals surface area contributed by atoms with Crippen LogP contribution < -0.4 is 9.47 Å². The van der Waals surface area contributed by atoms with Gasteiger partial charge in [0.05, 0.1) is 19.8 Å². The van der Waals surface area contributed by atoms with Crippen molar-refractivity contribution >= 4 is 0 Å². The lowest BCUT2D eigenvalue weighted by atomic mass is 10.0. The van der Waals surface area contributed by atoms with Crippen molar-refractivity contribution in [3.63, 3.8) is 0 Å². The number of rotatable bonds is 9. The van der Waals surface area contributed by atoms with Gasteiger partial charge >= 0.3 is 0 Å². The Bertz CT molecular complexity index is 563. The van der Waals surface area contributed by atoms with Gasteiger partial charge in [0.15, 0.2) is 11.5 Å². The summed E-state index contributed by atoms with van der Waals surface area (Å²) in [5, 5.41) is 9.71. The highest BCUT2D eigenvalue weighted by Gasteiger charge is 2.25. The molecule has 1 aromatic carbocycles. The number of benzene rings is 1. The summed E-state index contributed by atoms with van der Waals surface area (Å²) in [6.07, 6.45) is 3.39. The summed E-state index contributed by atoms with van der Waals surface area (Å²) in [5.41, 5.74) is 0.977. The van der Waals surface area contributed by atoms with E-state index in [4.69, 9.17) is 9.47 Å². The lowest BCUT2D eigenvalue weighted by molar-refractivity contribution is 0.118. The molecule has 138 valence electrons. The van der Waals surface area contributed by atoms with E-state index < -0.39 is 0 Å². The first kappa shape index (κ1) is 19.6. The number of hydrogen-bond acceptors (Lipinski definition) is 5. The Kier molecular flexibility index (Phi) is 8.03. The van der Waals surface area contributed by atoms with Crippen molar-refractivity contribution in [3.8, 4) is 17.6 Å². The van der Waals surface area contributed by atoms with E-state index in [1.165, 1.54) is 12.8 Å². The third-order valence-electron chi connectivity index (χ3n) is 4.85. The van der Waals surface area contributed by atoms with Gasteiger partial charge in [-0.25, -0.2) is 0 Å². The van der Waals surface area contributed by atoms with E-state index in [0.29, 0.717) is 12.4 Å². The first-order valence-electron chi connectivity index (χ1n) is 9.40. The fourth-order valence-corrected chi connectivity index (χ4v) is 3.21. The summed E-state index contributed by atoms with van der Waals surface area (Å²) in [6.45, 7) is 10.0. The zero-order valence-corrected chi connectivity index (χ0v) is 15.8. The van der Waals surface area contributed by atoms with Gasteiger partial charge in [-0.2, -0.15) is 5.26 Å². The van der Waals surface area contributed by atoms with Crippen molar-refractivity contribution in [1.29, 1.82) is 5.26 Å². The fraction of sp³-hybridized carbons (Fsp3) is 0.650. The van der Waals surface area contributed by atoms with Crippen molar-refractivity contribution in [3.05, 3.63) is 23.8 Å². The van der Waals surface area contributed by atoms with Gasteiger partial charge in [-0.15, -0.1) is 0 Å². The second kappa shape index (κ2) is 10.3. The zero-order valence-electron chi connectivity index (χ0n) is 15.8. The van der Waals surface area contributed by atoms with Crippen LogP contribution in [-0.2, 0) is 0 Å². The van der Waals surface area contributed by atoms with Crippen LogP contribution in [0.15, 0.2) is 18.2 Å². The number of piperazine rings is 1. The molecule has 1 aliphatic rings. The summed E-state index contributed by atoms with van der Waals surface area (Å²) in [7, 11) is 1.65. The third kappa shape index (κ3) is 5.35. The van der Waals surface area contributed by atoms with E-state index >= 15 is 0 Å². The van der Waals surface area contributed by atoms with Crippen molar-refractivity contribution < 1.29 is 9.47 Å². The van der Waals surface area contributed by atoms with E-state index in [0.717, 1.165) is 50.5 Å². The Morgan fingerprint density at radius 2 is 1.88 bits per heavy atom. The maximum absolute atomic E-state index is 9.71. The van der Waals surface area contributed by atoms with Crippen LogP contribution in [0.4, 0.5) is 0 Å². The molecular formula is C20H31N3O2. The normalized spacial score (nSPS) is 17.0. The Morgan fingerprint density at radius 3 is 2.48 bits per heavy atom. The van der Waals surface area contributed by atoms with Gasteiger partial charge in [0, 0.05) is 26.2 Å². The smallest absolute Gasteiger partial charge is 0.161 e. The van der Waals surface area contributed by atoms with Crippen LogP contribution >= 0.6 is 0 Å². The average molecular weight is 345 g/mol. The predicted molar refractivity (Wildman–Crippen MR) is 100 cm³/mol. The van der Waals surface area contributed by atoms with Crippen LogP contribution in [0.5, 0.6) is 11.5 Å². The standard InChI is InChI=1S/C20H31N3O2/c1-4-6-7-14-25-19-9-8-17(15-20(19)24-3)18(16-21)23-12-10-22(5-2)11-13-23/h8-9,15,18H,4-7,10-14H2,1-3H3. The number of nitriles is 1. The molecule has 0 amide bonds. The Hall–Kier alpha value is -1.77. The predicted octanol–water partition coefficient (Wildman–Crippen LogP) is 3.47. The van der Waals surface area contributed by atoms with E-state index in [2.05, 4.69) is 29.7 Å². The summed E-state index contributed by atoms with van der Waals surface area (Å²) in [5.74, 6) is 1.47. The minimum atomic E-state index is -0.234. The van der Waals surface area contributed by atoms with Gasteiger partial charge in [0.1, 0.15) is 6.04 Å². The van der Waals surface area contributed by atoms with Crippen molar-refractivity contribution in [2.24, 2.45) is 0 Å². The summed E-state index contributed by atoms with van der Waals surface area (Å²) in [4.78, 5) is 4.67. The molecule has 25 heavy (non-hydrogen) atoms. The molecule has 1 aliphatic heterocycles. The van der Waals surface area contributed by atoms with Gasteiger partial charge in [-0.1, -0.05) is 32.8 Å². The van der Waals surface area contributed by atoms with Crippen LogP contribution in [-0.4, -0.2) is 56.2 Å². The molecule has 1 fully saturated rings. The molecule has 1 heterocycles. The molecule has 1 aromatic rings. The Morgan fingerprint density at radius 1 is 1.12 bits per heavy atom. The second-order valence-electron chi connectivity index (χ2n) is 6.47. The van der Waals surface area contributed by atoms with Gasteiger partial charge in [0.25, 0.3) is 0 Å². The highest BCUT2D eigenvalue weighted by molar-refractivity contribution is 5.45. The lowest BCUT2D eigenvalue weighted by Gasteiger charge is -2.36. The number of ether oxygens (including phenoxy) is 2. The van der Waals surface area contributed by atoms with E-state index in [1.54, 1.807) is 7.11 Å². The van der Waals surface area contributed by atoms with Crippen molar-refractivity contribution in [2.45, 2.75) is 39.2 Å². The van der Waals surface area contributed by atoms with Crippen LogP contribution in [0.1, 0.15) is 44.7 Å². The van der Waals surface area contributed by atoms with E-state index in [1.807, 2.05) is 18.2 Å². The monoisotopic (exact) mass is 345 g/mol. The molecular weight excluding hydrogens is 314 g/mol. The van der Waals surface area contributed by atoms with Crippen molar-refractivity contribution in [2.75, 3.05) is 46.4 Å². The molecule has 0 aliphatic carbocycles. The molecule has 1 saturated heterocycles. The van der Waals surface area contributed by atoms with Crippen LogP contribution in [0.25, 0.3) is 0 Å². The zero-order chi connectivity index (χ0) is 18.1. The summed E-state index contributed by atoms with van der Waals surface area (Å²) in [6, 6.07) is 8.12. The molecule has 0 saturated carbocycles. The highest BCUT2D eigenvalue weighted by atomic mass is 16.5. The molecule has 0 radical (unpaired) electrons. The van der Waals surface area contributed by atoms with Gasteiger partial charge in [0.2, 0.25) is 0 Å². The Balaban J connectivity index is 2.05. The van der Waals surface area contributed by atoms with Gasteiger partial charge in [-0.3, -0.25) is 4.90 Å². The van der Waals surface area contributed by atoms with Crippen LogP contribution in [0, 0.1) is 11.3 Å². The molecule has 2 rings (SSSR count). The fourth-order valence-electron chi connectivity index (χ4n) is 3.21. The Labute approximate surface area is 152 Å². The number of hydrogen-bond donors (Lipinski definition) is 0. The minimum absolute atomic E-state index is 0.234. The van der Waals surface area contributed by atoms with Crippen LogP contribution in [0.2, 0.25) is 0 Å². The minimum Gasteiger partial charge on any atom is -0.493 e. The van der Waals surface area contributed by atoms with Gasteiger partial charge in [-0.05, 0) is 30.7 Å². The maximum atomic E-state index is 9.71. The highest BCUT2D eigenvalue weighted by Crippen LogP contribution is 2.32. The van der Waals surface area contributed by atoms with Gasteiger partial charge < -0.3 is 14.4 Å². The molecule has 0 N–H and O–H groups in total. The molecule has 0 spiro atoms. The topological polar surface area (TPSA) is 48.7 Å². The average Bonchev–Trinajstić information content (AvgIpc) is 2.67. The molecule has 5 nitrogen and oxygen atoms in total. The number of nitrogens with zero attached hydrogens (tertiary/aromatic N) is 3. The molecule has 0 aromatic heterocycles. The molecule has 1 unspecified atom stereocenters. The largest absolute Gasteiger partial charge is 0.493 e. The maximum Gasteiger partial charge on any atom is 0.161 e.